The summed E-state index contributed by atoms with van der Waals surface area (Å²) < 4.78 is 0. The molecule has 1 aliphatic heterocycles. The van der Waals surface area contributed by atoms with E-state index in [1.165, 1.54) is 12.8 Å². The van der Waals surface area contributed by atoms with Crippen LogP contribution < -0.4 is 10.6 Å². The van der Waals surface area contributed by atoms with E-state index in [-0.39, 0.29) is 5.91 Å². The van der Waals surface area contributed by atoms with Crippen LogP contribution in [0.1, 0.15) is 31.7 Å². The normalized spacial score (nSPS) is 14.1. The summed E-state index contributed by atoms with van der Waals surface area (Å²) in [6.07, 6.45) is 7.12. The number of hydrogen-bond donors (Lipinski definition) is 1. The van der Waals surface area contributed by atoms with Crippen LogP contribution in [0.4, 0.5) is 5.82 Å². The average Bonchev–Trinajstić information content (AvgIpc) is 2.38. The lowest BCUT2D eigenvalue weighted by Crippen LogP contribution is -2.34. The number of nitrogens with two attached hydrogens (primary N) is 1. The molecule has 96 valence electrons. The molecule has 4 nitrogen and oxygen atoms in total. The number of amides is 1. The first-order valence-electron chi connectivity index (χ1n) is 6.42. The summed E-state index contributed by atoms with van der Waals surface area (Å²) in [5, 5.41) is 0. The van der Waals surface area contributed by atoms with Crippen LogP contribution in [0.25, 0.3) is 6.08 Å². The van der Waals surface area contributed by atoms with E-state index in [4.69, 9.17) is 5.73 Å². The summed E-state index contributed by atoms with van der Waals surface area (Å²) in [6.45, 7) is 3.67. The minimum atomic E-state index is -0.343. The van der Waals surface area contributed by atoms with Gasteiger partial charge in [0.15, 0.2) is 0 Å². The molecule has 2 N–H and O–H groups in total. The van der Waals surface area contributed by atoms with E-state index >= 15 is 0 Å². The van der Waals surface area contributed by atoms with E-state index in [9.17, 15) is 4.79 Å². The largest absolute Gasteiger partial charge is 0.366 e. The fourth-order valence-corrected chi connectivity index (χ4v) is 2.19. The van der Waals surface area contributed by atoms with Gasteiger partial charge >= 0.3 is 0 Å². The molecule has 0 radical (unpaired) electrons. The van der Waals surface area contributed by atoms with Gasteiger partial charge in [0.05, 0.1) is 0 Å². The molecule has 2 heterocycles. The van der Waals surface area contributed by atoms with Crippen molar-refractivity contribution in [3.8, 4) is 0 Å². The molecular formula is C14H19N3O. The minimum Gasteiger partial charge on any atom is -0.366 e. The number of fused-ring (bicyclic) bond motifs is 1. The average molecular weight is 245 g/mol. The third-order valence-electron chi connectivity index (χ3n) is 3.16. The first-order valence-corrected chi connectivity index (χ1v) is 6.42. The first kappa shape index (κ1) is 12.6. The second-order valence-electron chi connectivity index (χ2n) is 4.58. The molecule has 4 heteroatoms. The van der Waals surface area contributed by atoms with Crippen LogP contribution in [0.15, 0.2) is 23.9 Å². The number of carbonyl (C=O) groups excluding carboxylic acids is 1. The topological polar surface area (TPSA) is 59.2 Å². The van der Waals surface area contributed by atoms with Crippen molar-refractivity contribution in [3.05, 3.63) is 29.5 Å². The van der Waals surface area contributed by atoms with E-state index < -0.39 is 0 Å². The number of pyridine rings is 1. The van der Waals surface area contributed by atoms with E-state index in [2.05, 4.69) is 16.8 Å². The Kier molecular flexibility index (Phi) is 3.97. The lowest BCUT2D eigenvalue weighted by molar-refractivity contribution is -0.114. The number of rotatable bonds is 5. The maximum atomic E-state index is 11.3. The van der Waals surface area contributed by atoms with Crippen molar-refractivity contribution >= 4 is 17.8 Å². The van der Waals surface area contributed by atoms with Gasteiger partial charge in [-0.2, -0.15) is 0 Å². The summed E-state index contributed by atoms with van der Waals surface area (Å²) >= 11 is 0. The van der Waals surface area contributed by atoms with Gasteiger partial charge in [0.1, 0.15) is 5.82 Å². The third kappa shape index (κ3) is 2.70. The van der Waals surface area contributed by atoms with Crippen molar-refractivity contribution in [2.24, 2.45) is 5.73 Å². The molecule has 0 aliphatic carbocycles. The monoisotopic (exact) mass is 245 g/mol. The van der Waals surface area contributed by atoms with Crippen molar-refractivity contribution in [1.29, 1.82) is 0 Å². The van der Waals surface area contributed by atoms with Gasteiger partial charge in [-0.1, -0.05) is 19.8 Å². The molecule has 1 aromatic rings. The Morgan fingerprint density at radius 2 is 2.33 bits per heavy atom. The molecule has 1 aliphatic rings. The predicted molar refractivity (Wildman–Crippen MR) is 73.1 cm³/mol. The van der Waals surface area contributed by atoms with Crippen LogP contribution in [0.3, 0.4) is 0 Å². The minimum absolute atomic E-state index is 0.343. The number of anilines is 1. The summed E-state index contributed by atoms with van der Waals surface area (Å²) in [6, 6.07) is 3.85. The highest BCUT2D eigenvalue weighted by Crippen LogP contribution is 2.26. The Morgan fingerprint density at radius 3 is 3.06 bits per heavy atom. The zero-order valence-electron chi connectivity index (χ0n) is 10.7. The Hall–Kier alpha value is -1.84. The number of hydrogen-bond acceptors (Lipinski definition) is 3. The highest BCUT2D eigenvalue weighted by molar-refractivity contribution is 5.99. The number of unbranched alkanes of at least 4 members (excludes halogenated alkanes) is 2. The molecule has 2 rings (SSSR count). The summed E-state index contributed by atoms with van der Waals surface area (Å²) in [5.74, 6) is 0.614. The van der Waals surface area contributed by atoms with Gasteiger partial charge in [0.25, 0.3) is 0 Å². The van der Waals surface area contributed by atoms with Crippen LogP contribution in [-0.4, -0.2) is 24.0 Å². The van der Waals surface area contributed by atoms with Crippen molar-refractivity contribution < 1.29 is 4.79 Å². The molecule has 0 saturated heterocycles. The lowest BCUT2D eigenvalue weighted by atomic mass is 10.1. The quantitative estimate of drug-likeness (QED) is 0.807. The van der Waals surface area contributed by atoms with E-state index in [0.29, 0.717) is 12.1 Å². The SMILES string of the molecule is CCCCCN1CC(C(N)=O)=Cc2cccnc21. The summed E-state index contributed by atoms with van der Waals surface area (Å²) in [5.41, 5.74) is 7.03. The smallest absolute Gasteiger partial charge is 0.246 e. The van der Waals surface area contributed by atoms with E-state index in [1.807, 2.05) is 18.2 Å². The van der Waals surface area contributed by atoms with Crippen LogP contribution in [0, 0.1) is 0 Å². The molecular weight excluding hydrogens is 226 g/mol. The zero-order valence-corrected chi connectivity index (χ0v) is 10.7. The lowest BCUT2D eigenvalue weighted by Gasteiger charge is -2.29. The number of nitrogens with zero attached hydrogens (tertiary/aromatic N) is 2. The Bertz CT molecular complexity index is 468. The van der Waals surface area contributed by atoms with Gasteiger partial charge in [0.2, 0.25) is 5.91 Å². The molecule has 0 spiro atoms. The first-order chi connectivity index (χ1) is 8.72. The van der Waals surface area contributed by atoms with Crippen LogP contribution in [0.5, 0.6) is 0 Å². The van der Waals surface area contributed by atoms with Crippen LogP contribution in [0.2, 0.25) is 0 Å². The highest BCUT2D eigenvalue weighted by atomic mass is 16.1. The maximum absolute atomic E-state index is 11.3. The van der Waals surface area contributed by atoms with E-state index in [0.717, 1.165) is 24.3 Å². The van der Waals surface area contributed by atoms with Gasteiger partial charge in [-0.15, -0.1) is 0 Å². The Morgan fingerprint density at radius 1 is 1.50 bits per heavy atom. The molecule has 0 bridgehead atoms. The highest BCUT2D eigenvalue weighted by Gasteiger charge is 2.20. The zero-order chi connectivity index (χ0) is 13.0. The second kappa shape index (κ2) is 5.67. The Labute approximate surface area is 108 Å². The van der Waals surface area contributed by atoms with Crippen molar-refractivity contribution in [2.75, 3.05) is 18.0 Å². The van der Waals surface area contributed by atoms with Crippen molar-refractivity contribution in [1.82, 2.24) is 4.98 Å². The molecule has 1 amide bonds. The van der Waals surface area contributed by atoms with Crippen molar-refractivity contribution in [2.45, 2.75) is 26.2 Å². The number of aromatic nitrogens is 1. The molecule has 0 aromatic carbocycles. The maximum Gasteiger partial charge on any atom is 0.246 e. The third-order valence-corrected chi connectivity index (χ3v) is 3.16. The van der Waals surface area contributed by atoms with Gasteiger partial charge in [-0.3, -0.25) is 4.79 Å². The molecule has 0 atom stereocenters. The van der Waals surface area contributed by atoms with Crippen LogP contribution >= 0.6 is 0 Å². The standard InChI is InChI=1S/C14H19N3O/c1-2-3-4-8-17-10-12(13(15)18)9-11-6-5-7-16-14(11)17/h5-7,9H,2-4,8,10H2,1H3,(H2,15,18). The van der Waals surface area contributed by atoms with E-state index in [1.54, 1.807) is 6.20 Å². The fraction of sp³-hybridized carbons (Fsp3) is 0.429. The second-order valence-corrected chi connectivity index (χ2v) is 4.58. The Balaban J connectivity index is 2.21. The van der Waals surface area contributed by atoms with Gasteiger partial charge < -0.3 is 10.6 Å². The number of primary amides is 1. The van der Waals surface area contributed by atoms with Gasteiger partial charge in [-0.05, 0) is 24.6 Å². The molecule has 0 fully saturated rings. The van der Waals surface area contributed by atoms with Gasteiger partial charge in [-0.25, -0.2) is 4.98 Å². The number of carbonyl (C=O) groups is 1. The van der Waals surface area contributed by atoms with Crippen molar-refractivity contribution in [3.63, 3.8) is 0 Å². The molecule has 0 saturated carbocycles. The van der Waals surface area contributed by atoms with Gasteiger partial charge in [0, 0.05) is 30.4 Å². The molecule has 18 heavy (non-hydrogen) atoms. The fourth-order valence-electron chi connectivity index (χ4n) is 2.19. The van der Waals surface area contributed by atoms with Crippen LogP contribution in [-0.2, 0) is 4.79 Å². The molecule has 1 aromatic heterocycles. The summed E-state index contributed by atoms with van der Waals surface area (Å²) in [7, 11) is 0. The molecule has 0 unspecified atom stereocenters. The summed E-state index contributed by atoms with van der Waals surface area (Å²) in [4.78, 5) is 17.9. The predicted octanol–water partition coefficient (Wildman–Crippen LogP) is 1.96.